The number of aryl methyl sites for hydroxylation is 1. The minimum atomic E-state index is -0.00545. The zero-order chi connectivity index (χ0) is 10.1. The van der Waals surface area contributed by atoms with Gasteiger partial charge >= 0.3 is 0 Å². The molecule has 0 fully saturated rings. The monoisotopic (exact) mass is 198 g/mol. The van der Waals surface area contributed by atoms with E-state index in [1.165, 1.54) is 0 Å². The van der Waals surface area contributed by atoms with Crippen LogP contribution in [-0.4, -0.2) is 9.97 Å². The van der Waals surface area contributed by atoms with Gasteiger partial charge in [0.1, 0.15) is 5.82 Å². The minimum Gasteiger partial charge on any atom is -0.241 e. The van der Waals surface area contributed by atoms with Crippen molar-refractivity contribution in [3.05, 3.63) is 23.3 Å². The standard InChI is InChI=1S/C10H15ClN2/c1-7-6-12-9(10(2,3)4)13-8(7)5-11/h6H,5H2,1-4H3. The minimum absolute atomic E-state index is 0.00545. The highest BCUT2D eigenvalue weighted by Gasteiger charge is 2.17. The highest BCUT2D eigenvalue weighted by Crippen LogP contribution is 2.19. The van der Waals surface area contributed by atoms with Gasteiger partial charge in [-0.25, -0.2) is 9.97 Å². The highest BCUT2D eigenvalue weighted by atomic mass is 35.5. The van der Waals surface area contributed by atoms with E-state index in [9.17, 15) is 0 Å². The van der Waals surface area contributed by atoms with E-state index < -0.39 is 0 Å². The lowest BCUT2D eigenvalue weighted by molar-refractivity contribution is 0.541. The molecule has 1 aromatic rings. The third kappa shape index (κ3) is 2.41. The zero-order valence-electron chi connectivity index (χ0n) is 8.56. The Kier molecular flexibility index (Phi) is 2.91. The Labute approximate surface area is 84.4 Å². The van der Waals surface area contributed by atoms with Crippen LogP contribution in [0, 0.1) is 6.92 Å². The molecule has 0 atom stereocenters. The van der Waals surface area contributed by atoms with Gasteiger partial charge in [0.25, 0.3) is 0 Å². The number of hydrogen-bond acceptors (Lipinski definition) is 2. The van der Waals surface area contributed by atoms with Crippen molar-refractivity contribution >= 4 is 11.6 Å². The second-order valence-electron chi connectivity index (χ2n) is 4.21. The molecule has 1 aromatic heterocycles. The van der Waals surface area contributed by atoms with Crippen molar-refractivity contribution in [3.63, 3.8) is 0 Å². The summed E-state index contributed by atoms with van der Waals surface area (Å²) in [5, 5.41) is 0. The fourth-order valence-electron chi connectivity index (χ4n) is 0.974. The van der Waals surface area contributed by atoms with Crippen molar-refractivity contribution in [3.8, 4) is 0 Å². The van der Waals surface area contributed by atoms with Gasteiger partial charge in [-0.15, -0.1) is 11.6 Å². The quantitative estimate of drug-likeness (QED) is 0.649. The summed E-state index contributed by atoms with van der Waals surface area (Å²) in [4.78, 5) is 8.71. The average Bonchev–Trinajstić information content (AvgIpc) is 2.03. The predicted molar refractivity (Wildman–Crippen MR) is 55.0 cm³/mol. The maximum atomic E-state index is 5.76. The molecule has 0 unspecified atom stereocenters. The Balaban J connectivity index is 3.14. The van der Waals surface area contributed by atoms with Crippen molar-refractivity contribution in [1.82, 2.24) is 9.97 Å². The summed E-state index contributed by atoms with van der Waals surface area (Å²) in [6.07, 6.45) is 1.84. The lowest BCUT2D eigenvalue weighted by Crippen LogP contribution is -2.17. The molecule has 0 aliphatic rings. The third-order valence-corrected chi connectivity index (χ3v) is 2.13. The van der Waals surface area contributed by atoms with E-state index in [-0.39, 0.29) is 5.41 Å². The second kappa shape index (κ2) is 3.62. The maximum absolute atomic E-state index is 5.76. The van der Waals surface area contributed by atoms with Gasteiger partial charge in [-0.2, -0.15) is 0 Å². The lowest BCUT2D eigenvalue weighted by atomic mass is 9.95. The molecule has 0 saturated carbocycles. The average molecular weight is 199 g/mol. The van der Waals surface area contributed by atoms with Crippen LogP contribution in [0.2, 0.25) is 0 Å². The third-order valence-electron chi connectivity index (χ3n) is 1.87. The van der Waals surface area contributed by atoms with Crippen molar-refractivity contribution in [2.24, 2.45) is 0 Å². The molecule has 0 saturated heterocycles. The van der Waals surface area contributed by atoms with Crippen LogP contribution in [0.25, 0.3) is 0 Å². The Morgan fingerprint density at radius 3 is 2.46 bits per heavy atom. The summed E-state index contributed by atoms with van der Waals surface area (Å²) in [6, 6.07) is 0. The molecule has 0 N–H and O–H groups in total. The van der Waals surface area contributed by atoms with Crippen molar-refractivity contribution in [1.29, 1.82) is 0 Å². The van der Waals surface area contributed by atoms with E-state index >= 15 is 0 Å². The zero-order valence-corrected chi connectivity index (χ0v) is 9.31. The fourth-order valence-corrected chi connectivity index (χ4v) is 1.24. The maximum Gasteiger partial charge on any atom is 0.133 e. The van der Waals surface area contributed by atoms with Gasteiger partial charge in [0.05, 0.1) is 11.6 Å². The Hall–Kier alpha value is -0.630. The summed E-state index contributed by atoms with van der Waals surface area (Å²) in [5.74, 6) is 1.31. The van der Waals surface area contributed by atoms with E-state index in [0.717, 1.165) is 17.1 Å². The first-order valence-electron chi connectivity index (χ1n) is 4.34. The van der Waals surface area contributed by atoms with E-state index in [1.54, 1.807) is 0 Å². The summed E-state index contributed by atoms with van der Waals surface area (Å²) >= 11 is 5.76. The molecular weight excluding hydrogens is 184 g/mol. The predicted octanol–water partition coefficient (Wildman–Crippen LogP) is 2.82. The molecule has 0 spiro atoms. The van der Waals surface area contributed by atoms with Crippen LogP contribution < -0.4 is 0 Å². The summed E-state index contributed by atoms with van der Waals surface area (Å²) in [5.41, 5.74) is 1.98. The van der Waals surface area contributed by atoms with E-state index in [4.69, 9.17) is 11.6 Å². The van der Waals surface area contributed by atoms with Crippen LogP contribution in [0.1, 0.15) is 37.9 Å². The lowest BCUT2D eigenvalue weighted by Gasteiger charge is -2.17. The summed E-state index contributed by atoms with van der Waals surface area (Å²) < 4.78 is 0. The number of hydrogen-bond donors (Lipinski definition) is 0. The highest BCUT2D eigenvalue weighted by molar-refractivity contribution is 6.16. The van der Waals surface area contributed by atoms with Gasteiger partial charge < -0.3 is 0 Å². The molecule has 2 nitrogen and oxygen atoms in total. The largest absolute Gasteiger partial charge is 0.241 e. The smallest absolute Gasteiger partial charge is 0.133 e. The summed E-state index contributed by atoms with van der Waals surface area (Å²) in [7, 11) is 0. The fraction of sp³-hybridized carbons (Fsp3) is 0.600. The SMILES string of the molecule is Cc1cnc(C(C)(C)C)nc1CCl. The van der Waals surface area contributed by atoms with Gasteiger partial charge in [-0.05, 0) is 12.5 Å². The van der Waals surface area contributed by atoms with E-state index in [2.05, 4.69) is 30.7 Å². The number of rotatable bonds is 1. The van der Waals surface area contributed by atoms with Crippen LogP contribution in [-0.2, 0) is 11.3 Å². The number of aromatic nitrogens is 2. The molecule has 13 heavy (non-hydrogen) atoms. The topological polar surface area (TPSA) is 25.8 Å². The van der Waals surface area contributed by atoms with Crippen molar-refractivity contribution in [2.45, 2.75) is 39.0 Å². The molecule has 0 aliphatic heterocycles. The Morgan fingerprint density at radius 1 is 1.38 bits per heavy atom. The Bertz CT molecular complexity index is 302. The molecule has 0 aliphatic carbocycles. The van der Waals surface area contributed by atoms with Crippen LogP contribution >= 0.6 is 11.6 Å². The molecule has 1 heterocycles. The van der Waals surface area contributed by atoms with Gasteiger partial charge in [0, 0.05) is 11.6 Å². The van der Waals surface area contributed by atoms with Crippen molar-refractivity contribution in [2.75, 3.05) is 0 Å². The van der Waals surface area contributed by atoms with E-state index in [0.29, 0.717) is 5.88 Å². The number of nitrogens with zero attached hydrogens (tertiary/aromatic N) is 2. The molecule has 0 aromatic carbocycles. The van der Waals surface area contributed by atoms with Gasteiger partial charge in [-0.1, -0.05) is 20.8 Å². The first kappa shape index (κ1) is 10.5. The van der Waals surface area contributed by atoms with E-state index in [1.807, 2.05) is 13.1 Å². The van der Waals surface area contributed by atoms with Gasteiger partial charge in [-0.3, -0.25) is 0 Å². The van der Waals surface area contributed by atoms with Crippen LogP contribution in [0.3, 0.4) is 0 Å². The first-order valence-corrected chi connectivity index (χ1v) is 4.87. The summed E-state index contributed by atoms with van der Waals surface area (Å²) in [6.45, 7) is 8.26. The molecule has 1 rings (SSSR count). The number of alkyl halides is 1. The normalized spacial score (nSPS) is 11.8. The molecule has 0 amide bonds. The Morgan fingerprint density at radius 2 is 2.00 bits per heavy atom. The van der Waals surface area contributed by atoms with Gasteiger partial charge in [0.2, 0.25) is 0 Å². The van der Waals surface area contributed by atoms with Crippen LogP contribution in [0.5, 0.6) is 0 Å². The van der Waals surface area contributed by atoms with Crippen LogP contribution in [0.4, 0.5) is 0 Å². The first-order chi connectivity index (χ1) is 5.95. The van der Waals surface area contributed by atoms with Crippen molar-refractivity contribution < 1.29 is 0 Å². The molecule has 3 heteroatoms. The molecular formula is C10H15ClN2. The molecule has 0 radical (unpaired) electrons. The molecule has 0 bridgehead atoms. The van der Waals surface area contributed by atoms with Crippen LogP contribution in [0.15, 0.2) is 6.20 Å². The molecule has 72 valence electrons. The number of halogens is 1. The second-order valence-corrected chi connectivity index (χ2v) is 4.47. The van der Waals surface area contributed by atoms with Gasteiger partial charge in [0.15, 0.2) is 0 Å².